The van der Waals surface area contributed by atoms with E-state index in [-0.39, 0.29) is 11.9 Å². The van der Waals surface area contributed by atoms with Crippen molar-refractivity contribution >= 4 is 17.2 Å². The van der Waals surface area contributed by atoms with Gasteiger partial charge in [-0.25, -0.2) is 0 Å². The fraction of sp³-hybridized carbons (Fsp3) is 0.538. The van der Waals surface area contributed by atoms with Gasteiger partial charge in [0, 0.05) is 22.2 Å². The molecule has 4 heteroatoms. The molecule has 0 aliphatic rings. The first kappa shape index (κ1) is 13.7. The molecule has 2 unspecified atom stereocenters. The van der Waals surface area contributed by atoms with E-state index in [1.807, 2.05) is 19.9 Å². The lowest BCUT2D eigenvalue weighted by molar-refractivity contribution is -0.124. The van der Waals surface area contributed by atoms with Crippen molar-refractivity contribution in [1.82, 2.24) is 5.32 Å². The standard InChI is InChI=1S/C13H18N2OS/c1-4-11(8-14)13(16)15-9(2)7-12-6-5-10(3)17-12/h5-6,9,11H,4,7H2,1-3H3,(H,15,16). The summed E-state index contributed by atoms with van der Waals surface area (Å²) in [7, 11) is 0. The molecule has 92 valence electrons. The van der Waals surface area contributed by atoms with Gasteiger partial charge in [-0.15, -0.1) is 11.3 Å². The summed E-state index contributed by atoms with van der Waals surface area (Å²) >= 11 is 1.75. The van der Waals surface area contributed by atoms with Crippen LogP contribution in [0.4, 0.5) is 0 Å². The first-order valence-corrected chi connectivity index (χ1v) is 6.63. The molecule has 1 amide bonds. The number of rotatable bonds is 5. The molecule has 0 saturated heterocycles. The van der Waals surface area contributed by atoms with Crippen LogP contribution in [-0.4, -0.2) is 11.9 Å². The number of nitriles is 1. The van der Waals surface area contributed by atoms with Gasteiger partial charge in [-0.3, -0.25) is 4.79 Å². The normalized spacial score (nSPS) is 13.8. The van der Waals surface area contributed by atoms with Crippen molar-refractivity contribution in [3.8, 4) is 6.07 Å². The molecule has 1 aromatic rings. The predicted octanol–water partition coefficient (Wildman–Crippen LogP) is 2.65. The van der Waals surface area contributed by atoms with Gasteiger partial charge in [-0.05, 0) is 32.4 Å². The van der Waals surface area contributed by atoms with E-state index >= 15 is 0 Å². The number of thiophene rings is 1. The quantitative estimate of drug-likeness (QED) is 0.873. The highest BCUT2D eigenvalue weighted by molar-refractivity contribution is 7.11. The second-order valence-corrected chi connectivity index (χ2v) is 5.59. The number of carbonyl (C=O) groups is 1. The number of nitrogens with one attached hydrogen (secondary N) is 1. The van der Waals surface area contributed by atoms with E-state index in [1.54, 1.807) is 11.3 Å². The third-order valence-electron chi connectivity index (χ3n) is 2.57. The Bertz CT molecular complexity index is 419. The zero-order chi connectivity index (χ0) is 12.8. The lowest BCUT2D eigenvalue weighted by Crippen LogP contribution is -2.37. The van der Waals surface area contributed by atoms with Gasteiger partial charge in [0.2, 0.25) is 5.91 Å². The zero-order valence-corrected chi connectivity index (χ0v) is 11.3. The van der Waals surface area contributed by atoms with Crippen molar-refractivity contribution in [1.29, 1.82) is 5.26 Å². The molecule has 0 aromatic carbocycles. The SMILES string of the molecule is CCC(C#N)C(=O)NC(C)Cc1ccc(C)s1. The average molecular weight is 250 g/mol. The van der Waals surface area contributed by atoms with Crippen LogP contribution in [0, 0.1) is 24.2 Å². The number of aryl methyl sites for hydroxylation is 1. The average Bonchev–Trinajstić information content (AvgIpc) is 2.65. The monoisotopic (exact) mass is 250 g/mol. The summed E-state index contributed by atoms with van der Waals surface area (Å²) < 4.78 is 0. The van der Waals surface area contributed by atoms with E-state index in [2.05, 4.69) is 24.4 Å². The van der Waals surface area contributed by atoms with E-state index in [1.165, 1.54) is 9.75 Å². The molecule has 0 aliphatic heterocycles. The van der Waals surface area contributed by atoms with E-state index in [0.717, 1.165) is 6.42 Å². The Morgan fingerprint density at radius 1 is 1.59 bits per heavy atom. The van der Waals surface area contributed by atoms with E-state index in [9.17, 15) is 4.79 Å². The van der Waals surface area contributed by atoms with Crippen molar-refractivity contribution in [2.24, 2.45) is 5.92 Å². The molecule has 0 spiro atoms. The number of amides is 1. The highest BCUT2D eigenvalue weighted by Crippen LogP contribution is 2.16. The first-order valence-electron chi connectivity index (χ1n) is 5.82. The van der Waals surface area contributed by atoms with Crippen LogP contribution in [-0.2, 0) is 11.2 Å². The fourth-order valence-corrected chi connectivity index (χ4v) is 2.65. The Balaban J connectivity index is 2.47. The molecule has 3 nitrogen and oxygen atoms in total. The fourth-order valence-electron chi connectivity index (χ4n) is 1.63. The third kappa shape index (κ3) is 4.20. The predicted molar refractivity (Wildman–Crippen MR) is 69.8 cm³/mol. The largest absolute Gasteiger partial charge is 0.352 e. The van der Waals surface area contributed by atoms with Crippen LogP contribution in [0.3, 0.4) is 0 Å². The van der Waals surface area contributed by atoms with Gasteiger partial charge in [0.15, 0.2) is 0 Å². The van der Waals surface area contributed by atoms with Crippen LogP contribution < -0.4 is 5.32 Å². The number of hydrogen-bond donors (Lipinski definition) is 1. The third-order valence-corrected chi connectivity index (χ3v) is 3.60. The molecule has 0 fully saturated rings. The maximum Gasteiger partial charge on any atom is 0.237 e. The van der Waals surface area contributed by atoms with E-state index < -0.39 is 5.92 Å². The molecule has 1 rings (SSSR count). The molecule has 17 heavy (non-hydrogen) atoms. The molecule has 0 saturated carbocycles. The Hall–Kier alpha value is -1.34. The molecule has 2 atom stereocenters. The highest BCUT2D eigenvalue weighted by atomic mass is 32.1. The van der Waals surface area contributed by atoms with Gasteiger partial charge in [-0.1, -0.05) is 6.92 Å². The maximum atomic E-state index is 11.7. The molecule has 1 heterocycles. The minimum Gasteiger partial charge on any atom is -0.352 e. The summed E-state index contributed by atoms with van der Waals surface area (Å²) in [5.41, 5.74) is 0. The minimum atomic E-state index is -0.525. The van der Waals surface area contributed by atoms with Crippen LogP contribution in [0.1, 0.15) is 30.0 Å². The minimum absolute atomic E-state index is 0.0722. The Kier molecular flexibility index (Phi) is 5.17. The zero-order valence-electron chi connectivity index (χ0n) is 10.5. The summed E-state index contributed by atoms with van der Waals surface area (Å²) in [4.78, 5) is 14.2. The molecule has 0 radical (unpaired) electrons. The number of nitrogens with zero attached hydrogens (tertiary/aromatic N) is 1. The maximum absolute atomic E-state index is 11.7. The van der Waals surface area contributed by atoms with Gasteiger partial charge in [-0.2, -0.15) is 5.26 Å². The van der Waals surface area contributed by atoms with Crippen LogP contribution >= 0.6 is 11.3 Å². The molecular formula is C13H18N2OS. The summed E-state index contributed by atoms with van der Waals surface area (Å²) in [6, 6.07) is 6.26. The van der Waals surface area contributed by atoms with Gasteiger partial charge in [0.05, 0.1) is 6.07 Å². The number of carbonyl (C=O) groups excluding carboxylic acids is 1. The second-order valence-electron chi connectivity index (χ2n) is 4.22. The van der Waals surface area contributed by atoms with Crippen molar-refractivity contribution in [3.63, 3.8) is 0 Å². The molecule has 1 aromatic heterocycles. The summed E-state index contributed by atoms with van der Waals surface area (Å²) in [5.74, 6) is -0.682. The highest BCUT2D eigenvalue weighted by Gasteiger charge is 2.17. The summed E-state index contributed by atoms with van der Waals surface area (Å²) in [6.45, 7) is 5.89. The van der Waals surface area contributed by atoms with Crippen molar-refractivity contribution < 1.29 is 4.79 Å². The van der Waals surface area contributed by atoms with E-state index in [0.29, 0.717) is 6.42 Å². The van der Waals surface area contributed by atoms with Gasteiger partial charge >= 0.3 is 0 Å². The van der Waals surface area contributed by atoms with Gasteiger partial charge in [0.1, 0.15) is 5.92 Å². The lowest BCUT2D eigenvalue weighted by atomic mass is 10.1. The lowest BCUT2D eigenvalue weighted by Gasteiger charge is -2.14. The van der Waals surface area contributed by atoms with Crippen molar-refractivity contribution in [3.05, 3.63) is 21.9 Å². The van der Waals surface area contributed by atoms with E-state index in [4.69, 9.17) is 5.26 Å². The smallest absolute Gasteiger partial charge is 0.237 e. The number of hydrogen-bond acceptors (Lipinski definition) is 3. The van der Waals surface area contributed by atoms with Gasteiger partial charge in [0.25, 0.3) is 0 Å². The topological polar surface area (TPSA) is 52.9 Å². The molecule has 1 N–H and O–H groups in total. The molecular weight excluding hydrogens is 232 g/mol. The van der Waals surface area contributed by atoms with Gasteiger partial charge < -0.3 is 5.32 Å². The van der Waals surface area contributed by atoms with Crippen molar-refractivity contribution in [2.75, 3.05) is 0 Å². The molecule has 0 bridgehead atoms. The second kappa shape index (κ2) is 6.41. The first-order chi connectivity index (χ1) is 8.06. The molecule has 0 aliphatic carbocycles. The summed E-state index contributed by atoms with van der Waals surface area (Å²) in [6.07, 6.45) is 1.39. The van der Waals surface area contributed by atoms with Crippen LogP contribution in [0.5, 0.6) is 0 Å². The van der Waals surface area contributed by atoms with Crippen LogP contribution in [0.25, 0.3) is 0 Å². The van der Waals surface area contributed by atoms with Crippen molar-refractivity contribution in [2.45, 2.75) is 39.7 Å². The van der Waals surface area contributed by atoms with Crippen LogP contribution in [0.2, 0.25) is 0 Å². The Labute approximate surface area is 106 Å². The Morgan fingerprint density at radius 3 is 2.76 bits per heavy atom. The van der Waals surface area contributed by atoms with Crippen LogP contribution in [0.15, 0.2) is 12.1 Å². The Morgan fingerprint density at radius 2 is 2.29 bits per heavy atom. The summed E-state index contributed by atoms with van der Waals surface area (Å²) in [5, 5.41) is 11.7.